The molecule has 2 aromatic heterocycles. The first-order valence-corrected chi connectivity index (χ1v) is 14.6. The molecule has 13 nitrogen and oxygen atoms in total. The van der Waals surface area contributed by atoms with Crippen LogP contribution in [0.4, 0.5) is 20.2 Å². The van der Waals surface area contributed by atoms with Crippen LogP contribution in [0.3, 0.4) is 0 Å². The Bertz CT molecular complexity index is 1670. The molecule has 0 radical (unpaired) electrons. The summed E-state index contributed by atoms with van der Waals surface area (Å²) in [5.41, 5.74) is 12.2. The molecule has 0 saturated carbocycles. The van der Waals surface area contributed by atoms with E-state index in [1.54, 1.807) is 30.3 Å². The summed E-state index contributed by atoms with van der Waals surface area (Å²) in [5.74, 6) is -4.74. The van der Waals surface area contributed by atoms with E-state index in [1.165, 1.54) is 7.11 Å². The number of pyridine rings is 2. The Morgan fingerprint density at radius 1 is 0.740 bits per heavy atom. The standard InChI is InChI=1S/C15H13Cl2FN2O3.C14H11Cl2FN2O3.CH4O.Li.2H2O/c1-22-15(21)9(7-8-5-3-2-4-6-8)23-14-11(17)12(19)10(16)13(18)20-14;15-9-11(18)10(16)13(19-12(9)17)22-8(14(20)21)6-7-4-2-1-3-5-7;1-2;;;/h2-6,9H,7H2,1H3,(H2,19,20);1-5,8H,6H2,(H2,18,19)(H,20,21);2H,1H3;;2*1H2/q;;;+1;;/p-1. The molecule has 268 valence electrons. The minimum Gasteiger partial charge on any atom is -0.870 e. The van der Waals surface area contributed by atoms with E-state index >= 15 is 0 Å². The molecule has 0 amide bonds. The average molecular weight is 778 g/mol. The number of aliphatic hydroxyl groups excluding tert-OH is 1. The normalized spacial score (nSPS) is 10.8. The van der Waals surface area contributed by atoms with Crippen molar-refractivity contribution < 1.29 is 72.6 Å². The molecule has 0 aliphatic carbocycles. The van der Waals surface area contributed by atoms with E-state index in [2.05, 4.69) is 9.97 Å². The molecule has 0 saturated heterocycles. The Morgan fingerprint density at radius 3 is 1.42 bits per heavy atom. The number of hydrogen-bond donors (Lipinski definition) is 4. The number of aliphatic carboxylic acids is 1. The Balaban J connectivity index is 0. The van der Waals surface area contributed by atoms with Crippen molar-refractivity contribution in [1.29, 1.82) is 0 Å². The molecular weight excluding hydrogens is 747 g/mol. The predicted octanol–water partition coefficient (Wildman–Crippen LogP) is 2.07. The fourth-order valence-electron chi connectivity index (χ4n) is 3.59. The fraction of sp³-hybridized carbons (Fsp3) is 0.200. The number of benzene rings is 2. The summed E-state index contributed by atoms with van der Waals surface area (Å²) in [6.45, 7) is 0. The molecule has 2 atom stereocenters. The van der Waals surface area contributed by atoms with Gasteiger partial charge in [0.15, 0.2) is 0 Å². The maximum absolute atomic E-state index is 13.6. The quantitative estimate of drug-likeness (QED) is 0.103. The maximum atomic E-state index is 13.6. The molecule has 0 aliphatic rings. The van der Waals surface area contributed by atoms with Gasteiger partial charge in [-0.1, -0.05) is 107 Å². The Labute approximate surface area is 317 Å². The third-order valence-corrected chi connectivity index (χ3v) is 7.31. The largest absolute Gasteiger partial charge is 1.00 e. The molecule has 0 spiro atoms. The fourth-order valence-corrected chi connectivity index (χ4v) is 4.32. The average Bonchev–Trinajstić information content (AvgIpc) is 3.08. The summed E-state index contributed by atoms with van der Waals surface area (Å²) in [6, 6.07) is 17.9. The third-order valence-electron chi connectivity index (χ3n) is 5.86. The van der Waals surface area contributed by atoms with Crippen LogP contribution < -0.4 is 39.8 Å². The van der Waals surface area contributed by atoms with Crippen LogP contribution in [-0.2, 0) is 27.2 Å². The van der Waals surface area contributed by atoms with Crippen molar-refractivity contribution in [3.63, 3.8) is 0 Å². The summed E-state index contributed by atoms with van der Waals surface area (Å²) in [7, 11) is 2.22. The monoisotopic (exact) mass is 776 g/mol. The van der Waals surface area contributed by atoms with Crippen LogP contribution in [-0.4, -0.2) is 69.5 Å². The van der Waals surface area contributed by atoms with Crippen LogP contribution in [0.25, 0.3) is 0 Å². The van der Waals surface area contributed by atoms with Gasteiger partial charge >= 0.3 is 30.8 Å². The number of nitrogens with two attached hydrogens (primary N) is 2. The van der Waals surface area contributed by atoms with E-state index in [4.69, 9.17) is 77.2 Å². The second-order valence-electron chi connectivity index (χ2n) is 8.95. The molecule has 0 fully saturated rings. The van der Waals surface area contributed by atoms with Crippen molar-refractivity contribution in [2.75, 3.05) is 25.7 Å². The number of aliphatic hydroxyl groups is 1. The molecule has 2 unspecified atom stereocenters. The predicted molar refractivity (Wildman–Crippen MR) is 180 cm³/mol. The van der Waals surface area contributed by atoms with Crippen molar-refractivity contribution >= 4 is 69.7 Å². The summed E-state index contributed by atoms with van der Waals surface area (Å²) >= 11 is 23.0. The third kappa shape index (κ3) is 13.6. The van der Waals surface area contributed by atoms with Gasteiger partial charge < -0.3 is 46.8 Å². The number of halogens is 6. The Kier molecular flexibility index (Phi) is 23.0. The number of carboxylic acid groups (broad SMARTS) is 1. The second kappa shape index (κ2) is 23.7. The van der Waals surface area contributed by atoms with Crippen LogP contribution in [0.2, 0.25) is 20.1 Å². The van der Waals surface area contributed by atoms with Gasteiger partial charge in [0.05, 0.1) is 18.5 Å². The van der Waals surface area contributed by atoms with Crippen molar-refractivity contribution in [2.45, 2.75) is 25.0 Å². The molecule has 4 rings (SSSR count). The van der Waals surface area contributed by atoms with Crippen molar-refractivity contribution in [1.82, 2.24) is 9.97 Å². The Morgan fingerprint density at radius 2 is 1.08 bits per heavy atom. The van der Waals surface area contributed by atoms with Crippen LogP contribution in [0.15, 0.2) is 60.7 Å². The number of hydrogen-bond acceptors (Lipinski definition) is 11. The van der Waals surface area contributed by atoms with E-state index in [1.807, 2.05) is 30.3 Å². The van der Waals surface area contributed by atoms with Gasteiger partial charge in [0, 0.05) is 20.0 Å². The maximum Gasteiger partial charge on any atom is 1.00 e. The minimum atomic E-state index is -1.30. The molecule has 20 heteroatoms. The summed E-state index contributed by atoms with van der Waals surface area (Å²) in [6.07, 6.45) is -2.12. The van der Waals surface area contributed by atoms with Crippen molar-refractivity contribution in [3.05, 3.63) is 104 Å². The molecule has 0 bridgehead atoms. The topological polar surface area (TPSA) is 242 Å². The first kappa shape index (κ1) is 48.5. The van der Waals surface area contributed by atoms with Gasteiger partial charge in [-0.25, -0.2) is 9.59 Å². The van der Waals surface area contributed by atoms with Gasteiger partial charge in [-0.15, -0.1) is 0 Å². The molecule has 4 aromatic rings. The van der Waals surface area contributed by atoms with E-state index in [-0.39, 0.29) is 70.0 Å². The van der Waals surface area contributed by atoms with Crippen molar-refractivity contribution in [2.24, 2.45) is 0 Å². The molecule has 50 heavy (non-hydrogen) atoms. The van der Waals surface area contributed by atoms with E-state index < -0.39 is 52.0 Å². The number of carboxylic acids is 1. The minimum absolute atomic E-state index is 0. The smallest absolute Gasteiger partial charge is 0.870 e. The molecule has 2 heterocycles. The summed E-state index contributed by atoms with van der Waals surface area (Å²) in [5, 5.41) is 15.0. The number of rotatable bonds is 10. The number of nitrogens with zero attached hydrogens (tertiary/aromatic N) is 2. The molecule has 2 aromatic carbocycles. The number of carbonyl (C=O) groups excluding carboxylic acids is 1. The first-order valence-electron chi connectivity index (χ1n) is 13.1. The van der Waals surface area contributed by atoms with Crippen LogP contribution in [0.5, 0.6) is 11.8 Å². The number of methoxy groups -OCH3 is 1. The van der Waals surface area contributed by atoms with Crippen LogP contribution in [0, 0.1) is 11.9 Å². The number of esters is 1. The van der Waals surface area contributed by atoms with E-state index in [9.17, 15) is 23.5 Å². The summed E-state index contributed by atoms with van der Waals surface area (Å²) < 4.78 is 42.4. The zero-order valence-corrected chi connectivity index (χ0v) is 29.6. The number of carbonyl (C=O) groups is 2. The van der Waals surface area contributed by atoms with E-state index in [0.717, 1.165) is 18.2 Å². The van der Waals surface area contributed by atoms with Crippen LogP contribution in [0.1, 0.15) is 11.1 Å². The van der Waals surface area contributed by atoms with Crippen molar-refractivity contribution in [3.8, 4) is 11.8 Å². The van der Waals surface area contributed by atoms with Gasteiger partial charge in [0.1, 0.15) is 20.1 Å². The molecule has 0 aliphatic heterocycles. The summed E-state index contributed by atoms with van der Waals surface area (Å²) in [4.78, 5) is 30.1. The molecular formula is C30H31Cl4F2LiN4O9. The van der Waals surface area contributed by atoms with Gasteiger partial charge in [-0.05, 0) is 11.1 Å². The number of anilines is 2. The van der Waals surface area contributed by atoms with Gasteiger partial charge in [0.25, 0.3) is 0 Å². The zero-order chi connectivity index (χ0) is 35.3. The SMILES string of the molecule is CO.COC(=O)C(Cc1ccccc1)Oc1nc(F)c(Cl)c(N)c1Cl.Nc1c(Cl)c(F)nc(OC(Cc2ccccc2)C(=O)O)c1Cl.O.[Li+].[OH-]. The second-order valence-corrected chi connectivity index (χ2v) is 10.5. The molecule has 9 N–H and O–H groups in total. The van der Waals surface area contributed by atoms with E-state index in [0.29, 0.717) is 0 Å². The van der Waals surface area contributed by atoms with Crippen LogP contribution >= 0.6 is 46.4 Å². The number of ether oxygens (including phenoxy) is 3. The number of nitrogen functional groups attached to an aromatic ring is 2. The Hall–Kier alpha value is -3.62. The number of aromatic nitrogens is 2. The first-order chi connectivity index (χ1) is 22.3. The van der Waals surface area contributed by atoms with Gasteiger partial charge in [-0.2, -0.15) is 18.7 Å². The zero-order valence-electron chi connectivity index (χ0n) is 26.5. The van der Waals surface area contributed by atoms with Gasteiger partial charge in [-0.3, -0.25) is 0 Å². The van der Waals surface area contributed by atoms with Gasteiger partial charge in [0.2, 0.25) is 35.9 Å².